The summed E-state index contributed by atoms with van der Waals surface area (Å²) in [6.45, 7) is 0. The van der Waals surface area contributed by atoms with Crippen molar-refractivity contribution in [2.75, 3.05) is 0 Å². The quantitative estimate of drug-likeness (QED) is 0.443. The molecule has 0 saturated carbocycles. The summed E-state index contributed by atoms with van der Waals surface area (Å²) in [5.41, 5.74) is 0.821. The molecule has 2 aromatic carbocycles. The highest BCUT2D eigenvalue weighted by Crippen LogP contribution is 2.33. The molecule has 0 radical (unpaired) electrons. The fourth-order valence-electron chi connectivity index (χ4n) is 1.58. The van der Waals surface area contributed by atoms with E-state index in [1.165, 1.54) is 0 Å². The van der Waals surface area contributed by atoms with E-state index in [4.69, 9.17) is 11.6 Å². The predicted molar refractivity (Wildman–Crippen MR) is 75.9 cm³/mol. The molecule has 0 N–H and O–H groups in total. The molecule has 5 heteroatoms. The zero-order chi connectivity index (χ0) is 13.3. The average molecular weight is 396 g/mol. The Bertz CT molecular complexity index is 587. The highest BCUT2D eigenvalue weighted by Gasteiger charge is 2.18. The van der Waals surface area contributed by atoms with E-state index < -0.39 is 17.0 Å². The van der Waals surface area contributed by atoms with Crippen molar-refractivity contribution >= 4 is 43.5 Å². The van der Waals surface area contributed by atoms with Gasteiger partial charge in [0.1, 0.15) is 11.6 Å². The number of halogens is 5. The first kappa shape index (κ1) is 14.0. The summed E-state index contributed by atoms with van der Waals surface area (Å²) in [5, 5.41) is -0.731. The van der Waals surface area contributed by atoms with Crippen LogP contribution in [0.5, 0.6) is 0 Å². The number of hydrogen-bond acceptors (Lipinski definition) is 0. The van der Waals surface area contributed by atoms with Gasteiger partial charge in [0.05, 0.1) is 9.85 Å². The lowest BCUT2D eigenvalue weighted by Crippen LogP contribution is -1.99. The molecule has 0 heterocycles. The van der Waals surface area contributed by atoms with Crippen LogP contribution in [0.15, 0.2) is 45.3 Å². The molecule has 0 amide bonds. The second-order valence-corrected chi connectivity index (χ2v) is 5.91. The topological polar surface area (TPSA) is 0 Å². The van der Waals surface area contributed by atoms with Gasteiger partial charge in [0.25, 0.3) is 0 Å². The van der Waals surface area contributed by atoms with E-state index in [0.29, 0.717) is 5.56 Å². The highest BCUT2D eigenvalue weighted by molar-refractivity contribution is 9.10. The molecule has 0 aliphatic heterocycles. The van der Waals surface area contributed by atoms with Crippen molar-refractivity contribution in [2.45, 2.75) is 5.38 Å². The third kappa shape index (κ3) is 2.92. The van der Waals surface area contributed by atoms with Crippen LogP contribution in [0.4, 0.5) is 8.78 Å². The summed E-state index contributed by atoms with van der Waals surface area (Å²) in [7, 11) is 0. The minimum absolute atomic E-state index is 0.0851. The van der Waals surface area contributed by atoms with Crippen molar-refractivity contribution in [1.29, 1.82) is 0 Å². The molecule has 0 spiro atoms. The standard InChI is InChI=1S/C13H7Br2ClF2/c14-8-3-1-2-7(4-8)13(16)9-5-12(18)10(15)6-11(9)17/h1-6,13H. The van der Waals surface area contributed by atoms with Crippen LogP contribution in [-0.4, -0.2) is 0 Å². The summed E-state index contributed by atoms with van der Waals surface area (Å²) < 4.78 is 28.1. The van der Waals surface area contributed by atoms with E-state index >= 15 is 0 Å². The van der Waals surface area contributed by atoms with Crippen molar-refractivity contribution in [1.82, 2.24) is 0 Å². The van der Waals surface area contributed by atoms with Crippen LogP contribution in [0, 0.1) is 11.6 Å². The Balaban J connectivity index is 2.46. The van der Waals surface area contributed by atoms with Gasteiger partial charge in [0, 0.05) is 10.0 Å². The normalized spacial score (nSPS) is 12.5. The summed E-state index contributed by atoms with van der Waals surface area (Å²) in [4.78, 5) is 0. The molecule has 0 bridgehead atoms. The maximum Gasteiger partial charge on any atom is 0.137 e. The molecule has 94 valence electrons. The lowest BCUT2D eigenvalue weighted by molar-refractivity contribution is 0.582. The van der Waals surface area contributed by atoms with Gasteiger partial charge < -0.3 is 0 Å². The fraction of sp³-hybridized carbons (Fsp3) is 0.0769. The number of alkyl halides is 1. The van der Waals surface area contributed by atoms with Gasteiger partial charge in [-0.15, -0.1) is 11.6 Å². The van der Waals surface area contributed by atoms with Crippen LogP contribution in [0.2, 0.25) is 0 Å². The monoisotopic (exact) mass is 394 g/mol. The smallest absolute Gasteiger partial charge is 0.137 e. The van der Waals surface area contributed by atoms with Crippen molar-refractivity contribution in [3.63, 3.8) is 0 Å². The average Bonchev–Trinajstić information content (AvgIpc) is 2.33. The van der Waals surface area contributed by atoms with Gasteiger partial charge in [0.2, 0.25) is 0 Å². The molecule has 2 rings (SSSR count). The zero-order valence-electron chi connectivity index (χ0n) is 8.93. The Hall–Kier alpha value is -0.450. The van der Waals surface area contributed by atoms with Crippen molar-refractivity contribution in [2.24, 2.45) is 0 Å². The Morgan fingerprint density at radius 3 is 2.39 bits per heavy atom. The van der Waals surface area contributed by atoms with Crippen LogP contribution in [-0.2, 0) is 0 Å². The minimum Gasteiger partial charge on any atom is -0.207 e. The molecule has 1 atom stereocenters. The Morgan fingerprint density at radius 2 is 1.72 bits per heavy atom. The van der Waals surface area contributed by atoms with Crippen LogP contribution in [0.3, 0.4) is 0 Å². The second kappa shape index (κ2) is 5.68. The second-order valence-electron chi connectivity index (χ2n) is 3.71. The minimum atomic E-state index is -0.731. The summed E-state index contributed by atoms with van der Waals surface area (Å²) >= 11 is 12.4. The number of rotatable bonds is 2. The molecular weight excluding hydrogens is 389 g/mol. The van der Waals surface area contributed by atoms with Crippen molar-refractivity contribution in [3.05, 3.63) is 68.1 Å². The van der Waals surface area contributed by atoms with Gasteiger partial charge in [-0.05, 0) is 45.8 Å². The van der Waals surface area contributed by atoms with E-state index in [1.54, 1.807) is 18.2 Å². The van der Waals surface area contributed by atoms with Gasteiger partial charge in [-0.2, -0.15) is 0 Å². The summed E-state index contributed by atoms with van der Waals surface area (Å²) in [5.74, 6) is -1.07. The van der Waals surface area contributed by atoms with E-state index in [9.17, 15) is 8.78 Å². The fourth-order valence-corrected chi connectivity index (χ4v) is 2.61. The first-order valence-corrected chi connectivity index (χ1v) is 7.05. The molecule has 2 aromatic rings. The molecule has 0 saturated heterocycles. The van der Waals surface area contributed by atoms with E-state index in [2.05, 4.69) is 31.9 Å². The molecule has 0 aliphatic rings. The van der Waals surface area contributed by atoms with Crippen molar-refractivity contribution in [3.8, 4) is 0 Å². The highest BCUT2D eigenvalue weighted by atomic mass is 79.9. The lowest BCUT2D eigenvalue weighted by Gasteiger charge is -2.12. The van der Waals surface area contributed by atoms with Crippen molar-refractivity contribution < 1.29 is 8.78 Å². The Labute approximate surface area is 125 Å². The first-order valence-electron chi connectivity index (χ1n) is 5.03. The Kier molecular flexibility index (Phi) is 4.41. The van der Waals surface area contributed by atoms with Crippen LogP contribution >= 0.6 is 43.5 Å². The largest absolute Gasteiger partial charge is 0.207 e. The molecular formula is C13H7Br2ClF2. The molecule has 0 nitrogen and oxygen atoms in total. The van der Waals surface area contributed by atoms with Gasteiger partial charge in [-0.1, -0.05) is 28.1 Å². The van der Waals surface area contributed by atoms with Gasteiger partial charge in [-0.25, -0.2) is 8.78 Å². The zero-order valence-corrected chi connectivity index (χ0v) is 12.9. The first-order chi connectivity index (χ1) is 8.49. The molecule has 1 unspecified atom stereocenters. The number of benzene rings is 2. The lowest BCUT2D eigenvalue weighted by atomic mass is 10.0. The van der Waals surface area contributed by atoms with E-state index in [1.807, 2.05) is 6.07 Å². The number of hydrogen-bond donors (Lipinski definition) is 0. The SMILES string of the molecule is Fc1cc(C(Cl)c2cccc(Br)c2)c(F)cc1Br. The molecule has 0 fully saturated rings. The van der Waals surface area contributed by atoms with E-state index in [-0.39, 0.29) is 10.0 Å². The Morgan fingerprint density at radius 1 is 1.00 bits per heavy atom. The molecule has 0 aromatic heterocycles. The maximum atomic E-state index is 13.8. The summed E-state index contributed by atoms with van der Waals surface area (Å²) in [6, 6.07) is 9.36. The van der Waals surface area contributed by atoms with Gasteiger partial charge >= 0.3 is 0 Å². The summed E-state index contributed by atoms with van der Waals surface area (Å²) in [6.07, 6.45) is 0. The van der Waals surface area contributed by atoms with E-state index in [0.717, 1.165) is 16.6 Å². The van der Waals surface area contributed by atoms with Crippen LogP contribution in [0.1, 0.15) is 16.5 Å². The van der Waals surface area contributed by atoms with Crippen LogP contribution in [0.25, 0.3) is 0 Å². The third-order valence-corrected chi connectivity index (χ3v) is 4.04. The molecule has 0 aliphatic carbocycles. The third-order valence-electron chi connectivity index (χ3n) is 2.45. The van der Waals surface area contributed by atoms with Gasteiger partial charge in [-0.3, -0.25) is 0 Å². The van der Waals surface area contributed by atoms with Crippen LogP contribution < -0.4 is 0 Å². The maximum absolute atomic E-state index is 13.8. The van der Waals surface area contributed by atoms with Gasteiger partial charge in [0.15, 0.2) is 0 Å². The predicted octanol–water partition coefficient (Wildman–Crippen LogP) is 5.82. The molecule has 18 heavy (non-hydrogen) atoms.